The lowest BCUT2D eigenvalue weighted by molar-refractivity contribution is 0.787. The first kappa shape index (κ1) is 12.4. The van der Waals surface area contributed by atoms with E-state index < -0.39 is 0 Å². The standard InChI is InChI=1S/C11H15ClIN3/c1-7(2)9-8(13)10(12)15-11(14-9)16-5-3-4-6-16/h7H,3-6H2,1-2H3. The number of rotatable bonds is 2. The van der Waals surface area contributed by atoms with Gasteiger partial charge in [-0.3, -0.25) is 0 Å². The van der Waals surface area contributed by atoms with Crippen molar-refractivity contribution in [3.63, 3.8) is 0 Å². The Balaban J connectivity index is 2.39. The Morgan fingerprint density at radius 1 is 1.25 bits per heavy atom. The van der Waals surface area contributed by atoms with Crippen molar-refractivity contribution in [2.45, 2.75) is 32.6 Å². The highest BCUT2D eigenvalue weighted by Crippen LogP contribution is 2.28. The third kappa shape index (κ3) is 2.42. The summed E-state index contributed by atoms with van der Waals surface area (Å²) >= 11 is 8.38. The van der Waals surface area contributed by atoms with Gasteiger partial charge in [0.25, 0.3) is 0 Å². The molecule has 0 unspecified atom stereocenters. The Morgan fingerprint density at radius 3 is 2.44 bits per heavy atom. The molecule has 16 heavy (non-hydrogen) atoms. The molecule has 3 nitrogen and oxygen atoms in total. The molecule has 0 amide bonds. The highest BCUT2D eigenvalue weighted by molar-refractivity contribution is 14.1. The molecule has 0 aromatic carbocycles. The molecule has 0 N–H and O–H groups in total. The third-order valence-corrected chi connectivity index (χ3v) is 4.42. The molecule has 0 atom stereocenters. The molecule has 1 aromatic heterocycles. The number of halogens is 2. The van der Waals surface area contributed by atoms with E-state index >= 15 is 0 Å². The van der Waals surface area contributed by atoms with Gasteiger partial charge in [0.15, 0.2) is 0 Å². The summed E-state index contributed by atoms with van der Waals surface area (Å²) in [4.78, 5) is 11.2. The van der Waals surface area contributed by atoms with Crippen molar-refractivity contribution < 1.29 is 0 Å². The van der Waals surface area contributed by atoms with Crippen LogP contribution in [0.3, 0.4) is 0 Å². The van der Waals surface area contributed by atoms with Crippen LogP contribution in [-0.2, 0) is 0 Å². The van der Waals surface area contributed by atoms with Gasteiger partial charge in [-0.1, -0.05) is 25.4 Å². The number of aromatic nitrogens is 2. The minimum atomic E-state index is 0.383. The van der Waals surface area contributed by atoms with Gasteiger partial charge < -0.3 is 4.90 Å². The van der Waals surface area contributed by atoms with E-state index in [9.17, 15) is 0 Å². The Labute approximate surface area is 115 Å². The van der Waals surface area contributed by atoms with Gasteiger partial charge in [-0.2, -0.15) is 4.98 Å². The molecule has 1 aliphatic rings. The maximum atomic E-state index is 6.16. The second-order valence-electron chi connectivity index (χ2n) is 4.36. The first-order chi connectivity index (χ1) is 7.59. The van der Waals surface area contributed by atoms with E-state index in [2.05, 4.69) is 51.3 Å². The molecule has 1 aliphatic heterocycles. The van der Waals surface area contributed by atoms with Crippen LogP contribution in [0.4, 0.5) is 5.95 Å². The average molecular weight is 352 g/mol. The number of nitrogens with zero attached hydrogens (tertiary/aromatic N) is 3. The Morgan fingerprint density at radius 2 is 1.88 bits per heavy atom. The topological polar surface area (TPSA) is 29.0 Å². The van der Waals surface area contributed by atoms with Gasteiger partial charge in [0.05, 0.1) is 9.26 Å². The fourth-order valence-corrected chi connectivity index (χ4v) is 2.90. The predicted molar refractivity (Wildman–Crippen MR) is 75.3 cm³/mol. The lowest BCUT2D eigenvalue weighted by atomic mass is 10.1. The Bertz CT molecular complexity index is 389. The zero-order valence-corrected chi connectivity index (χ0v) is 12.4. The zero-order valence-electron chi connectivity index (χ0n) is 9.50. The highest BCUT2D eigenvalue weighted by Gasteiger charge is 2.19. The van der Waals surface area contributed by atoms with Crippen LogP contribution in [0.25, 0.3) is 0 Å². The molecule has 2 heterocycles. The molecule has 88 valence electrons. The van der Waals surface area contributed by atoms with Crippen LogP contribution in [0.5, 0.6) is 0 Å². The van der Waals surface area contributed by atoms with Crippen molar-refractivity contribution in [2.24, 2.45) is 0 Å². The number of hydrogen-bond acceptors (Lipinski definition) is 3. The van der Waals surface area contributed by atoms with Gasteiger partial charge in [-0.05, 0) is 41.4 Å². The molecule has 5 heteroatoms. The third-order valence-electron chi connectivity index (χ3n) is 2.76. The molecule has 1 aromatic rings. The summed E-state index contributed by atoms with van der Waals surface area (Å²) < 4.78 is 0.984. The second-order valence-corrected chi connectivity index (χ2v) is 5.80. The number of hydrogen-bond donors (Lipinski definition) is 0. The summed E-state index contributed by atoms with van der Waals surface area (Å²) in [5.41, 5.74) is 1.06. The molecule has 0 radical (unpaired) electrons. The molecule has 2 rings (SSSR count). The molecule has 1 fully saturated rings. The van der Waals surface area contributed by atoms with Crippen molar-refractivity contribution in [3.05, 3.63) is 14.4 Å². The predicted octanol–water partition coefficient (Wildman–Crippen LogP) is 3.46. The minimum Gasteiger partial charge on any atom is -0.341 e. The van der Waals surface area contributed by atoms with Crippen LogP contribution in [0, 0.1) is 3.57 Å². The second kappa shape index (κ2) is 5.04. The van der Waals surface area contributed by atoms with Crippen molar-refractivity contribution in [3.8, 4) is 0 Å². The van der Waals surface area contributed by atoms with Crippen LogP contribution < -0.4 is 4.90 Å². The molecule has 0 aliphatic carbocycles. The lowest BCUT2D eigenvalue weighted by Crippen LogP contribution is -2.21. The fourth-order valence-electron chi connectivity index (χ4n) is 1.87. The molecule has 1 saturated heterocycles. The zero-order chi connectivity index (χ0) is 11.7. The summed E-state index contributed by atoms with van der Waals surface area (Å²) in [6, 6.07) is 0. The number of anilines is 1. The normalized spacial score (nSPS) is 16.2. The van der Waals surface area contributed by atoms with Crippen LogP contribution in [0.15, 0.2) is 0 Å². The van der Waals surface area contributed by atoms with Gasteiger partial charge >= 0.3 is 0 Å². The molecular weight excluding hydrogens is 336 g/mol. The van der Waals surface area contributed by atoms with Crippen LogP contribution in [0.1, 0.15) is 38.3 Å². The summed E-state index contributed by atoms with van der Waals surface area (Å²) in [5, 5.41) is 0.584. The van der Waals surface area contributed by atoms with Gasteiger partial charge in [-0.15, -0.1) is 0 Å². The molecule has 0 spiro atoms. The molecular formula is C11H15ClIN3. The van der Waals surface area contributed by atoms with Gasteiger partial charge in [0.1, 0.15) is 5.15 Å². The summed E-state index contributed by atoms with van der Waals surface area (Å²) in [7, 11) is 0. The quantitative estimate of drug-likeness (QED) is 0.603. The van der Waals surface area contributed by atoms with E-state index in [1.807, 2.05) is 0 Å². The van der Waals surface area contributed by atoms with Crippen LogP contribution >= 0.6 is 34.2 Å². The van der Waals surface area contributed by atoms with E-state index in [1.165, 1.54) is 12.8 Å². The van der Waals surface area contributed by atoms with E-state index in [0.717, 1.165) is 28.3 Å². The first-order valence-electron chi connectivity index (χ1n) is 5.57. The summed E-state index contributed by atoms with van der Waals surface area (Å²) in [6.45, 7) is 6.37. The van der Waals surface area contributed by atoms with E-state index in [-0.39, 0.29) is 0 Å². The van der Waals surface area contributed by atoms with Crippen molar-refractivity contribution >= 4 is 40.1 Å². The van der Waals surface area contributed by atoms with Gasteiger partial charge in [-0.25, -0.2) is 4.98 Å². The average Bonchev–Trinajstić information content (AvgIpc) is 2.74. The Kier molecular flexibility index (Phi) is 3.89. The summed E-state index contributed by atoms with van der Waals surface area (Å²) in [5.74, 6) is 1.18. The van der Waals surface area contributed by atoms with Gasteiger partial charge in [0, 0.05) is 13.1 Å². The molecule has 0 bridgehead atoms. The van der Waals surface area contributed by atoms with E-state index in [4.69, 9.17) is 11.6 Å². The van der Waals surface area contributed by atoms with Crippen molar-refractivity contribution in [1.29, 1.82) is 0 Å². The maximum absolute atomic E-state index is 6.16. The van der Waals surface area contributed by atoms with Gasteiger partial charge in [0.2, 0.25) is 5.95 Å². The molecule has 0 saturated carbocycles. The first-order valence-corrected chi connectivity index (χ1v) is 7.03. The largest absolute Gasteiger partial charge is 0.341 e. The van der Waals surface area contributed by atoms with E-state index in [0.29, 0.717) is 11.1 Å². The van der Waals surface area contributed by atoms with Crippen LogP contribution in [-0.4, -0.2) is 23.1 Å². The Hall–Kier alpha value is -0.100. The van der Waals surface area contributed by atoms with Crippen LogP contribution in [0.2, 0.25) is 5.15 Å². The lowest BCUT2D eigenvalue weighted by Gasteiger charge is -2.18. The highest BCUT2D eigenvalue weighted by atomic mass is 127. The maximum Gasteiger partial charge on any atom is 0.227 e. The van der Waals surface area contributed by atoms with Crippen molar-refractivity contribution in [2.75, 3.05) is 18.0 Å². The minimum absolute atomic E-state index is 0.383. The monoisotopic (exact) mass is 351 g/mol. The SMILES string of the molecule is CC(C)c1nc(N2CCCC2)nc(Cl)c1I. The summed E-state index contributed by atoms with van der Waals surface area (Å²) in [6.07, 6.45) is 2.45. The smallest absolute Gasteiger partial charge is 0.227 e. The van der Waals surface area contributed by atoms with Crippen molar-refractivity contribution in [1.82, 2.24) is 9.97 Å². The fraction of sp³-hybridized carbons (Fsp3) is 0.636. The van der Waals surface area contributed by atoms with E-state index in [1.54, 1.807) is 0 Å².